The SMILES string of the molecule is CC1(COC(=O)CC2OCCO2)CCCO1. The zero-order chi connectivity index (χ0) is 11.4. The normalized spacial score (nSPS) is 30.8. The predicted molar refractivity (Wildman–Crippen MR) is 54.9 cm³/mol. The van der Waals surface area contributed by atoms with Crippen LogP contribution in [0.5, 0.6) is 0 Å². The van der Waals surface area contributed by atoms with E-state index in [4.69, 9.17) is 18.9 Å². The van der Waals surface area contributed by atoms with Crippen LogP contribution in [0, 0.1) is 0 Å². The zero-order valence-electron chi connectivity index (χ0n) is 9.57. The van der Waals surface area contributed by atoms with E-state index in [0.717, 1.165) is 19.4 Å². The molecule has 0 aromatic rings. The lowest BCUT2D eigenvalue weighted by atomic mass is 10.0. The summed E-state index contributed by atoms with van der Waals surface area (Å²) in [5, 5.41) is 0. The highest BCUT2D eigenvalue weighted by molar-refractivity contribution is 5.69. The number of hydrogen-bond acceptors (Lipinski definition) is 5. The molecule has 92 valence electrons. The number of hydrogen-bond donors (Lipinski definition) is 0. The Labute approximate surface area is 95.0 Å². The Morgan fingerprint density at radius 1 is 1.38 bits per heavy atom. The molecule has 0 aromatic carbocycles. The van der Waals surface area contributed by atoms with Crippen LogP contribution in [-0.2, 0) is 23.7 Å². The van der Waals surface area contributed by atoms with Crippen LogP contribution < -0.4 is 0 Å². The fourth-order valence-electron chi connectivity index (χ4n) is 1.90. The second-order valence-electron chi connectivity index (χ2n) is 4.44. The molecule has 2 rings (SSSR count). The minimum atomic E-state index is -0.426. The highest BCUT2D eigenvalue weighted by Gasteiger charge is 2.32. The van der Waals surface area contributed by atoms with E-state index in [1.807, 2.05) is 6.92 Å². The Morgan fingerprint density at radius 3 is 2.75 bits per heavy atom. The van der Waals surface area contributed by atoms with Crippen LogP contribution in [-0.4, -0.2) is 44.3 Å². The molecule has 2 aliphatic heterocycles. The van der Waals surface area contributed by atoms with E-state index in [0.29, 0.717) is 19.8 Å². The van der Waals surface area contributed by atoms with Gasteiger partial charge in [-0.1, -0.05) is 0 Å². The average Bonchev–Trinajstić information content (AvgIpc) is 2.88. The Balaban J connectivity index is 1.66. The third kappa shape index (κ3) is 3.17. The minimum Gasteiger partial charge on any atom is -0.462 e. The van der Waals surface area contributed by atoms with E-state index in [1.165, 1.54) is 0 Å². The molecule has 16 heavy (non-hydrogen) atoms. The first kappa shape index (κ1) is 11.8. The standard InChI is InChI=1S/C11H18O5/c1-11(3-2-4-16-11)8-15-9(12)7-10-13-5-6-14-10/h10H,2-8H2,1H3. The first-order valence-corrected chi connectivity index (χ1v) is 5.71. The van der Waals surface area contributed by atoms with E-state index in [2.05, 4.69) is 0 Å². The number of carbonyl (C=O) groups is 1. The van der Waals surface area contributed by atoms with Crippen molar-refractivity contribution >= 4 is 5.97 Å². The molecule has 2 saturated heterocycles. The quantitative estimate of drug-likeness (QED) is 0.670. The van der Waals surface area contributed by atoms with Gasteiger partial charge in [-0.3, -0.25) is 4.79 Å². The van der Waals surface area contributed by atoms with E-state index in [1.54, 1.807) is 0 Å². The maximum Gasteiger partial charge on any atom is 0.311 e. The van der Waals surface area contributed by atoms with Crippen LogP contribution in [0.3, 0.4) is 0 Å². The fraction of sp³-hybridized carbons (Fsp3) is 0.909. The predicted octanol–water partition coefficient (Wildman–Crippen LogP) is 0.862. The highest BCUT2D eigenvalue weighted by atomic mass is 16.7. The Kier molecular flexibility index (Phi) is 3.78. The lowest BCUT2D eigenvalue weighted by molar-refractivity contribution is -0.159. The van der Waals surface area contributed by atoms with Crippen molar-refractivity contribution in [3.63, 3.8) is 0 Å². The molecule has 0 aliphatic carbocycles. The van der Waals surface area contributed by atoms with Gasteiger partial charge in [0.2, 0.25) is 0 Å². The second-order valence-corrected chi connectivity index (χ2v) is 4.44. The van der Waals surface area contributed by atoms with Gasteiger partial charge >= 0.3 is 5.97 Å². The number of esters is 1. The van der Waals surface area contributed by atoms with Crippen LogP contribution in [0.4, 0.5) is 0 Å². The smallest absolute Gasteiger partial charge is 0.311 e. The largest absolute Gasteiger partial charge is 0.462 e. The topological polar surface area (TPSA) is 54.0 Å². The maximum atomic E-state index is 11.5. The van der Waals surface area contributed by atoms with Gasteiger partial charge in [0, 0.05) is 6.61 Å². The Hall–Kier alpha value is -0.650. The van der Waals surface area contributed by atoms with Crippen molar-refractivity contribution in [2.45, 2.75) is 38.1 Å². The van der Waals surface area contributed by atoms with Crippen molar-refractivity contribution in [2.75, 3.05) is 26.4 Å². The minimum absolute atomic E-state index is 0.163. The summed E-state index contributed by atoms with van der Waals surface area (Å²) in [4.78, 5) is 11.5. The first-order valence-electron chi connectivity index (χ1n) is 5.71. The molecular weight excluding hydrogens is 212 g/mol. The lowest BCUT2D eigenvalue weighted by Crippen LogP contribution is -2.31. The van der Waals surface area contributed by atoms with Crippen LogP contribution in [0.1, 0.15) is 26.2 Å². The van der Waals surface area contributed by atoms with Crippen LogP contribution in [0.2, 0.25) is 0 Å². The highest BCUT2D eigenvalue weighted by Crippen LogP contribution is 2.25. The third-order valence-electron chi connectivity index (χ3n) is 2.86. The maximum absolute atomic E-state index is 11.5. The summed E-state index contributed by atoms with van der Waals surface area (Å²) in [5.74, 6) is -0.288. The zero-order valence-corrected chi connectivity index (χ0v) is 9.57. The molecule has 5 nitrogen and oxygen atoms in total. The summed E-state index contributed by atoms with van der Waals surface area (Å²) in [7, 11) is 0. The van der Waals surface area contributed by atoms with Gasteiger partial charge in [-0.25, -0.2) is 0 Å². The van der Waals surface area contributed by atoms with Gasteiger partial charge in [-0.15, -0.1) is 0 Å². The molecule has 1 atom stereocenters. The molecule has 2 aliphatic rings. The average molecular weight is 230 g/mol. The van der Waals surface area contributed by atoms with Crippen LogP contribution in [0.25, 0.3) is 0 Å². The Bertz CT molecular complexity index is 241. The van der Waals surface area contributed by atoms with E-state index in [9.17, 15) is 4.79 Å². The number of carbonyl (C=O) groups excluding carboxylic acids is 1. The molecule has 2 fully saturated rings. The second kappa shape index (κ2) is 5.12. The van der Waals surface area contributed by atoms with Crippen molar-refractivity contribution < 1.29 is 23.7 Å². The molecule has 2 heterocycles. The van der Waals surface area contributed by atoms with Crippen LogP contribution in [0.15, 0.2) is 0 Å². The summed E-state index contributed by atoms with van der Waals surface area (Å²) in [6.07, 6.45) is 1.71. The molecule has 0 bridgehead atoms. The van der Waals surface area contributed by atoms with Crippen molar-refractivity contribution in [2.24, 2.45) is 0 Å². The lowest BCUT2D eigenvalue weighted by Gasteiger charge is -2.22. The summed E-state index contributed by atoms with van der Waals surface area (Å²) >= 11 is 0. The molecule has 5 heteroatoms. The van der Waals surface area contributed by atoms with Gasteiger partial charge < -0.3 is 18.9 Å². The monoisotopic (exact) mass is 230 g/mol. The van der Waals surface area contributed by atoms with Gasteiger partial charge in [0.1, 0.15) is 6.61 Å². The molecule has 0 N–H and O–H groups in total. The molecule has 0 aromatic heterocycles. The van der Waals surface area contributed by atoms with Crippen LogP contribution >= 0.6 is 0 Å². The van der Waals surface area contributed by atoms with Gasteiger partial charge in [0.15, 0.2) is 6.29 Å². The third-order valence-corrected chi connectivity index (χ3v) is 2.86. The van der Waals surface area contributed by atoms with E-state index >= 15 is 0 Å². The van der Waals surface area contributed by atoms with Crippen molar-refractivity contribution in [1.82, 2.24) is 0 Å². The summed E-state index contributed by atoms with van der Waals surface area (Å²) in [6.45, 7) is 4.15. The summed E-state index contributed by atoms with van der Waals surface area (Å²) in [6, 6.07) is 0. The van der Waals surface area contributed by atoms with E-state index in [-0.39, 0.29) is 18.0 Å². The molecule has 0 amide bonds. The number of rotatable bonds is 4. The molecule has 0 radical (unpaired) electrons. The van der Waals surface area contributed by atoms with Gasteiger partial charge in [-0.05, 0) is 19.8 Å². The molecule has 0 spiro atoms. The van der Waals surface area contributed by atoms with Crippen molar-refractivity contribution in [3.8, 4) is 0 Å². The molecular formula is C11H18O5. The van der Waals surface area contributed by atoms with Gasteiger partial charge in [-0.2, -0.15) is 0 Å². The molecule has 0 saturated carbocycles. The van der Waals surface area contributed by atoms with Crippen molar-refractivity contribution in [1.29, 1.82) is 0 Å². The van der Waals surface area contributed by atoms with E-state index < -0.39 is 6.29 Å². The van der Waals surface area contributed by atoms with Gasteiger partial charge in [0.05, 0.1) is 25.2 Å². The molecule has 1 unspecified atom stereocenters. The summed E-state index contributed by atoms with van der Waals surface area (Å²) < 4.78 is 21.0. The van der Waals surface area contributed by atoms with Gasteiger partial charge in [0.25, 0.3) is 0 Å². The number of ether oxygens (including phenoxy) is 4. The van der Waals surface area contributed by atoms with Crippen molar-refractivity contribution in [3.05, 3.63) is 0 Å². The fourth-order valence-corrected chi connectivity index (χ4v) is 1.90. The first-order chi connectivity index (χ1) is 7.68. The summed E-state index contributed by atoms with van der Waals surface area (Å²) in [5.41, 5.74) is -0.299. The Morgan fingerprint density at radius 2 is 2.12 bits per heavy atom.